The molecule has 2 rings (SSSR count). The maximum absolute atomic E-state index is 13.8. The molecule has 2 aromatic carbocycles. The van der Waals surface area contributed by atoms with Crippen LogP contribution in [0.5, 0.6) is 11.5 Å². The van der Waals surface area contributed by atoms with Crippen LogP contribution >= 0.6 is 0 Å². The lowest BCUT2D eigenvalue weighted by Crippen LogP contribution is -2.09. The van der Waals surface area contributed by atoms with Gasteiger partial charge < -0.3 is 10.5 Å². The van der Waals surface area contributed by atoms with Gasteiger partial charge in [-0.3, -0.25) is 0 Å². The Morgan fingerprint density at radius 2 is 1.65 bits per heavy atom. The minimum atomic E-state index is -0.416. The van der Waals surface area contributed by atoms with Crippen molar-refractivity contribution in [2.24, 2.45) is 5.73 Å². The molecule has 0 aliphatic heterocycles. The highest BCUT2D eigenvalue weighted by Crippen LogP contribution is 2.31. The number of hydrogen-bond donors (Lipinski definition) is 1. The third kappa shape index (κ3) is 3.17. The maximum Gasteiger partial charge on any atom is 0.135 e. The Balaban J connectivity index is 2.28. The molecule has 0 amide bonds. The van der Waals surface area contributed by atoms with E-state index in [2.05, 4.69) is 13.8 Å². The Morgan fingerprint density at radius 1 is 1.00 bits per heavy atom. The summed E-state index contributed by atoms with van der Waals surface area (Å²) in [5, 5.41) is 0. The van der Waals surface area contributed by atoms with Gasteiger partial charge in [-0.05, 0) is 42.7 Å². The van der Waals surface area contributed by atoms with Gasteiger partial charge in [0.1, 0.15) is 17.3 Å². The van der Waals surface area contributed by atoms with Crippen LogP contribution < -0.4 is 10.5 Å². The first-order chi connectivity index (χ1) is 9.49. The van der Waals surface area contributed by atoms with Crippen LogP contribution in [0.1, 0.15) is 43.9 Å². The van der Waals surface area contributed by atoms with E-state index in [-0.39, 0.29) is 5.82 Å². The van der Waals surface area contributed by atoms with Gasteiger partial charge in [0.2, 0.25) is 0 Å². The van der Waals surface area contributed by atoms with Crippen LogP contribution in [0, 0.1) is 5.82 Å². The zero-order valence-electron chi connectivity index (χ0n) is 12.1. The lowest BCUT2D eigenvalue weighted by molar-refractivity contribution is 0.460. The van der Waals surface area contributed by atoms with Crippen molar-refractivity contribution in [1.82, 2.24) is 0 Å². The average Bonchev–Trinajstić information content (AvgIpc) is 2.39. The van der Waals surface area contributed by atoms with Gasteiger partial charge in [0.05, 0.1) is 0 Å². The highest BCUT2D eigenvalue weighted by atomic mass is 19.1. The summed E-state index contributed by atoms with van der Waals surface area (Å²) < 4.78 is 19.6. The zero-order chi connectivity index (χ0) is 14.7. The van der Waals surface area contributed by atoms with Crippen molar-refractivity contribution >= 4 is 0 Å². The monoisotopic (exact) mass is 273 g/mol. The quantitative estimate of drug-likeness (QED) is 0.871. The molecule has 0 bridgehead atoms. The molecule has 0 radical (unpaired) electrons. The summed E-state index contributed by atoms with van der Waals surface area (Å²) in [5.74, 6) is 1.29. The van der Waals surface area contributed by atoms with Crippen LogP contribution in [0.4, 0.5) is 4.39 Å². The van der Waals surface area contributed by atoms with E-state index < -0.39 is 6.04 Å². The predicted octanol–water partition coefficient (Wildman–Crippen LogP) is 4.76. The van der Waals surface area contributed by atoms with Crippen molar-refractivity contribution in [2.45, 2.75) is 32.7 Å². The van der Waals surface area contributed by atoms with E-state index in [0.717, 1.165) is 0 Å². The molecule has 2 aromatic rings. The molecule has 0 unspecified atom stereocenters. The lowest BCUT2D eigenvalue weighted by atomic mass is 10.0. The van der Waals surface area contributed by atoms with Gasteiger partial charge in [-0.25, -0.2) is 4.39 Å². The molecule has 0 saturated heterocycles. The number of hydrogen-bond acceptors (Lipinski definition) is 2. The smallest absolute Gasteiger partial charge is 0.135 e. The summed E-state index contributed by atoms with van der Waals surface area (Å²) in [6, 6.07) is 12.2. The van der Waals surface area contributed by atoms with E-state index in [4.69, 9.17) is 10.5 Å². The van der Waals surface area contributed by atoms with Crippen molar-refractivity contribution in [3.8, 4) is 11.5 Å². The first-order valence-corrected chi connectivity index (χ1v) is 6.81. The van der Waals surface area contributed by atoms with Crippen LogP contribution in [0.3, 0.4) is 0 Å². The molecule has 2 nitrogen and oxygen atoms in total. The lowest BCUT2D eigenvalue weighted by Gasteiger charge is -2.15. The van der Waals surface area contributed by atoms with Crippen LogP contribution in [0.25, 0.3) is 0 Å². The van der Waals surface area contributed by atoms with E-state index >= 15 is 0 Å². The third-order valence-electron chi connectivity index (χ3n) is 3.24. The van der Waals surface area contributed by atoms with Crippen molar-refractivity contribution in [1.29, 1.82) is 0 Å². The second kappa shape index (κ2) is 6.06. The molecule has 0 aliphatic rings. The Bertz CT molecular complexity index is 576. The summed E-state index contributed by atoms with van der Waals surface area (Å²) >= 11 is 0. The maximum atomic E-state index is 13.8. The van der Waals surface area contributed by atoms with Crippen molar-refractivity contribution in [3.05, 3.63) is 59.4 Å². The molecular formula is C17H20FNO. The van der Waals surface area contributed by atoms with Gasteiger partial charge in [0, 0.05) is 11.6 Å². The second-order valence-corrected chi connectivity index (χ2v) is 5.27. The minimum absolute atomic E-state index is 0.337. The van der Waals surface area contributed by atoms with E-state index in [0.29, 0.717) is 23.0 Å². The Kier molecular flexibility index (Phi) is 4.40. The van der Waals surface area contributed by atoms with Crippen LogP contribution in [0.15, 0.2) is 42.5 Å². The average molecular weight is 273 g/mol. The Hall–Kier alpha value is -1.87. The Morgan fingerprint density at radius 3 is 2.20 bits per heavy atom. The van der Waals surface area contributed by atoms with E-state index in [1.807, 2.05) is 24.3 Å². The number of halogens is 1. The van der Waals surface area contributed by atoms with Gasteiger partial charge in [0.25, 0.3) is 0 Å². The fourth-order valence-corrected chi connectivity index (χ4v) is 2.10. The normalized spacial score (nSPS) is 12.5. The molecule has 0 spiro atoms. The Labute approximate surface area is 119 Å². The third-order valence-corrected chi connectivity index (χ3v) is 3.24. The molecule has 3 heteroatoms. The van der Waals surface area contributed by atoms with Crippen molar-refractivity contribution < 1.29 is 9.13 Å². The van der Waals surface area contributed by atoms with E-state index in [9.17, 15) is 4.39 Å². The number of nitrogens with two attached hydrogens (primary N) is 1. The summed E-state index contributed by atoms with van der Waals surface area (Å²) in [5.41, 5.74) is 7.46. The SMILES string of the molecule is CC(C)c1ccc(Oc2cccc(F)c2[C@@H](C)N)cc1. The molecular weight excluding hydrogens is 253 g/mol. The number of ether oxygens (including phenoxy) is 1. The fraction of sp³-hybridized carbons (Fsp3) is 0.294. The van der Waals surface area contributed by atoms with E-state index in [1.54, 1.807) is 19.1 Å². The predicted molar refractivity (Wildman–Crippen MR) is 79.6 cm³/mol. The molecule has 0 aliphatic carbocycles. The topological polar surface area (TPSA) is 35.2 Å². The first-order valence-electron chi connectivity index (χ1n) is 6.81. The molecule has 0 heterocycles. The molecule has 1 atom stereocenters. The summed E-state index contributed by atoms with van der Waals surface area (Å²) in [4.78, 5) is 0. The van der Waals surface area contributed by atoms with Crippen LogP contribution in [0.2, 0.25) is 0 Å². The summed E-state index contributed by atoms with van der Waals surface area (Å²) in [7, 11) is 0. The first kappa shape index (κ1) is 14.5. The van der Waals surface area contributed by atoms with Crippen molar-refractivity contribution in [3.63, 3.8) is 0 Å². The largest absolute Gasteiger partial charge is 0.457 e. The molecule has 0 saturated carbocycles. The number of rotatable bonds is 4. The summed E-state index contributed by atoms with van der Waals surface area (Å²) in [6.07, 6.45) is 0. The molecule has 2 N–H and O–H groups in total. The second-order valence-electron chi connectivity index (χ2n) is 5.27. The number of benzene rings is 2. The molecule has 0 aromatic heterocycles. The van der Waals surface area contributed by atoms with Crippen LogP contribution in [-0.2, 0) is 0 Å². The van der Waals surface area contributed by atoms with Crippen molar-refractivity contribution in [2.75, 3.05) is 0 Å². The minimum Gasteiger partial charge on any atom is -0.457 e. The standard InChI is InChI=1S/C17H20FNO/c1-11(2)13-7-9-14(10-8-13)20-16-6-4-5-15(18)17(16)12(3)19/h4-12H,19H2,1-3H3/t12-/m1/s1. The van der Waals surface area contributed by atoms with Gasteiger partial charge in [-0.15, -0.1) is 0 Å². The highest BCUT2D eigenvalue weighted by Gasteiger charge is 2.14. The van der Waals surface area contributed by atoms with Gasteiger partial charge >= 0.3 is 0 Å². The fourth-order valence-electron chi connectivity index (χ4n) is 2.10. The molecule has 20 heavy (non-hydrogen) atoms. The van der Waals surface area contributed by atoms with Crippen LogP contribution in [-0.4, -0.2) is 0 Å². The molecule has 0 fully saturated rings. The highest BCUT2D eigenvalue weighted by molar-refractivity contribution is 5.41. The van der Waals surface area contributed by atoms with Gasteiger partial charge in [0.15, 0.2) is 0 Å². The van der Waals surface area contributed by atoms with E-state index in [1.165, 1.54) is 11.6 Å². The summed E-state index contributed by atoms with van der Waals surface area (Å²) in [6.45, 7) is 6.01. The van der Waals surface area contributed by atoms with Gasteiger partial charge in [-0.2, -0.15) is 0 Å². The van der Waals surface area contributed by atoms with Gasteiger partial charge in [-0.1, -0.05) is 32.0 Å². The molecule has 106 valence electrons. The zero-order valence-corrected chi connectivity index (χ0v) is 12.1.